The third-order valence-corrected chi connectivity index (χ3v) is 3.66. The Balaban J connectivity index is 2.52. The molecule has 0 spiro atoms. The van der Waals surface area contributed by atoms with Crippen LogP contribution in [0.4, 0.5) is 0 Å². The van der Waals surface area contributed by atoms with Crippen LogP contribution in [0.3, 0.4) is 0 Å². The summed E-state index contributed by atoms with van der Waals surface area (Å²) in [6.07, 6.45) is 2.97. The zero-order valence-electron chi connectivity index (χ0n) is 14.8. The van der Waals surface area contributed by atoms with Gasteiger partial charge in [0.1, 0.15) is 0 Å². The predicted molar refractivity (Wildman–Crippen MR) is 93.8 cm³/mol. The smallest absolute Gasteiger partial charge is 0.253 e. The zero-order valence-corrected chi connectivity index (χ0v) is 14.8. The first-order chi connectivity index (χ1) is 11.0. The molecule has 1 N–H and O–H groups in total. The molecule has 0 heterocycles. The fraction of sp³-hybridized carbons (Fsp3) is 0.556. The van der Waals surface area contributed by atoms with Crippen molar-refractivity contribution < 1.29 is 9.59 Å². The van der Waals surface area contributed by atoms with Crippen LogP contribution in [0.2, 0.25) is 0 Å². The number of unbranched alkanes of at least 4 members (excludes halogenated alkanes) is 1. The van der Waals surface area contributed by atoms with Crippen LogP contribution in [0.5, 0.6) is 0 Å². The summed E-state index contributed by atoms with van der Waals surface area (Å²) < 4.78 is 0. The van der Waals surface area contributed by atoms with Crippen LogP contribution in [0.15, 0.2) is 24.3 Å². The van der Waals surface area contributed by atoms with Crippen molar-refractivity contribution in [2.24, 2.45) is 0 Å². The lowest BCUT2D eigenvalue weighted by atomic mass is 10.1. The number of carbonyl (C=O) groups is 2. The minimum atomic E-state index is -0.0953. The van der Waals surface area contributed by atoms with Crippen molar-refractivity contribution in [2.75, 3.05) is 40.8 Å². The molecule has 0 saturated carbocycles. The normalized spacial score (nSPS) is 10.7. The second kappa shape index (κ2) is 10.0. The number of carbonyl (C=O) groups excluding carboxylic acids is 2. The Morgan fingerprint density at radius 1 is 0.957 bits per heavy atom. The van der Waals surface area contributed by atoms with Crippen LogP contribution in [-0.2, 0) is 0 Å². The minimum absolute atomic E-state index is 0.00334. The van der Waals surface area contributed by atoms with Gasteiger partial charge in [-0.25, -0.2) is 0 Å². The fourth-order valence-electron chi connectivity index (χ4n) is 2.18. The van der Waals surface area contributed by atoms with E-state index < -0.39 is 0 Å². The highest BCUT2D eigenvalue weighted by Crippen LogP contribution is 2.08. The quantitative estimate of drug-likeness (QED) is 0.710. The summed E-state index contributed by atoms with van der Waals surface area (Å²) in [6.45, 7) is 4.45. The Kier molecular flexibility index (Phi) is 8.33. The molecule has 0 aliphatic heterocycles. The number of amides is 2. The molecule has 0 radical (unpaired) electrons. The summed E-state index contributed by atoms with van der Waals surface area (Å²) in [5.74, 6) is -0.0986. The molecule has 0 bridgehead atoms. The number of nitrogens with zero attached hydrogens (tertiary/aromatic N) is 2. The molecule has 128 valence electrons. The van der Waals surface area contributed by atoms with E-state index >= 15 is 0 Å². The molecule has 0 aromatic heterocycles. The second-order valence-electron chi connectivity index (χ2n) is 6.07. The summed E-state index contributed by atoms with van der Waals surface area (Å²) in [6, 6.07) is 6.86. The maximum atomic E-state index is 12.2. The molecule has 0 aliphatic carbocycles. The Hall–Kier alpha value is -1.88. The maximum Gasteiger partial charge on any atom is 0.253 e. The highest BCUT2D eigenvalue weighted by atomic mass is 16.2. The first kappa shape index (κ1) is 19.2. The van der Waals surface area contributed by atoms with Crippen molar-refractivity contribution in [2.45, 2.75) is 26.2 Å². The van der Waals surface area contributed by atoms with Gasteiger partial charge in [0.05, 0.1) is 0 Å². The van der Waals surface area contributed by atoms with Gasteiger partial charge in [0.15, 0.2) is 0 Å². The van der Waals surface area contributed by atoms with Gasteiger partial charge in [-0.05, 0) is 57.7 Å². The molecule has 0 aliphatic rings. The molecule has 2 amide bonds. The molecule has 0 atom stereocenters. The van der Waals surface area contributed by atoms with E-state index in [1.54, 1.807) is 29.2 Å². The number of hydrogen-bond acceptors (Lipinski definition) is 3. The molecular formula is C18H29N3O2. The highest BCUT2D eigenvalue weighted by Gasteiger charge is 2.12. The number of rotatable bonds is 9. The summed E-state index contributed by atoms with van der Waals surface area (Å²) in [5, 5.41) is 2.89. The third kappa shape index (κ3) is 6.82. The summed E-state index contributed by atoms with van der Waals surface area (Å²) >= 11 is 0. The van der Waals surface area contributed by atoms with Crippen LogP contribution in [0.25, 0.3) is 0 Å². The van der Waals surface area contributed by atoms with Gasteiger partial charge in [0, 0.05) is 31.3 Å². The molecular weight excluding hydrogens is 290 g/mol. The van der Waals surface area contributed by atoms with Crippen LogP contribution in [-0.4, -0.2) is 62.4 Å². The molecule has 1 aromatic carbocycles. The first-order valence-electron chi connectivity index (χ1n) is 8.24. The van der Waals surface area contributed by atoms with Crippen LogP contribution < -0.4 is 5.32 Å². The molecule has 5 heteroatoms. The number of benzene rings is 1. The largest absolute Gasteiger partial charge is 0.352 e. The molecule has 0 fully saturated rings. The average Bonchev–Trinajstić information content (AvgIpc) is 2.55. The van der Waals surface area contributed by atoms with Gasteiger partial charge in [-0.1, -0.05) is 13.3 Å². The van der Waals surface area contributed by atoms with Crippen molar-refractivity contribution in [1.82, 2.24) is 15.1 Å². The minimum Gasteiger partial charge on any atom is -0.352 e. The summed E-state index contributed by atoms with van der Waals surface area (Å²) in [7, 11) is 5.83. The molecule has 1 rings (SSSR count). The summed E-state index contributed by atoms with van der Waals surface area (Å²) in [5.41, 5.74) is 1.20. The van der Waals surface area contributed by atoms with E-state index in [1.807, 2.05) is 21.1 Å². The average molecular weight is 319 g/mol. The Morgan fingerprint density at radius 3 is 2.13 bits per heavy atom. The van der Waals surface area contributed by atoms with Crippen LogP contribution in [0.1, 0.15) is 46.9 Å². The molecule has 5 nitrogen and oxygen atoms in total. The van der Waals surface area contributed by atoms with Crippen molar-refractivity contribution in [1.29, 1.82) is 0 Å². The van der Waals surface area contributed by atoms with Crippen molar-refractivity contribution in [3.63, 3.8) is 0 Å². The molecule has 0 saturated heterocycles. The second-order valence-corrected chi connectivity index (χ2v) is 6.07. The van der Waals surface area contributed by atoms with E-state index in [0.29, 0.717) is 17.7 Å². The lowest BCUT2D eigenvalue weighted by molar-refractivity contribution is 0.0792. The van der Waals surface area contributed by atoms with Gasteiger partial charge in [-0.3, -0.25) is 9.59 Å². The van der Waals surface area contributed by atoms with Crippen molar-refractivity contribution in [3.05, 3.63) is 35.4 Å². The first-order valence-corrected chi connectivity index (χ1v) is 8.24. The Morgan fingerprint density at radius 2 is 1.57 bits per heavy atom. The number of hydrogen-bond donors (Lipinski definition) is 1. The Bertz CT molecular complexity index is 497. The third-order valence-electron chi connectivity index (χ3n) is 3.66. The SMILES string of the molecule is CCCCN(C)C(=O)c1ccc(C(=O)NCCCN(C)C)cc1. The summed E-state index contributed by atoms with van der Waals surface area (Å²) in [4.78, 5) is 28.1. The molecule has 0 unspecified atom stereocenters. The van der Waals surface area contributed by atoms with E-state index in [1.165, 1.54) is 0 Å². The van der Waals surface area contributed by atoms with Crippen LogP contribution >= 0.6 is 0 Å². The predicted octanol–water partition coefficient (Wildman–Crippen LogP) is 2.24. The molecule has 23 heavy (non-hydrogen) atoms. The standard InChI is InChI=1S/C18H29N3O2/c1-5-6-14-21(4)18(23)16-10-8-15(9-11-16)17(22)19-12-7-13-20(2)3/h8-11H,5-7,12-14H2,1-4H3,(H,19,22). The van der Waals surface area contributed by atoms with Gasteiger partial charge in [0.2, 0.25) is 0 Å². The zero-order chi connectivity index (χ0) is 17.2. The van der Waals surface area contributed by atoms with Crippen LogP contribution in [0, 0.1) is 0 Å². The highest BCUT2D eigenvalue weighted by molar-refractivity contribution is 5.97. The number of nitrogens with one attached hydrogen (secondary N) is 1. The Labute approximate surface area is 139 Å². The van der Waals surface area contributed by atoms with Crippen molar-refractivity contribution in [3.8, 4) is 0 Å². The van der Waals surface area contributed by atoms with Gasteiger partial charge in [0.25, 0.3) is 11.8 Å². The fourth-order valence-corrected chi connectivity index (χ4v) is 2.18. The monoisotopic (exact) mass is 319 g/mol. The van der Waals surface area contributed by atoms with E-state index in [-0.39, 0.29) is 11.8 Å². The van der Waals surface area contributed by atoms with E-state index in [2.05, 4.69) is 17.1 Å². The molecule has 1 aromatic rings. The van der Waals surface area contributed by atoms with Crippen molar-refractivity contribution >= 4 is 11.8 Å². The topological polar surface area (TPSA) is 52.7 Å². The van der Waals surface area contributed by atoms with Gasteiger partial charge in [-0.15, -0.1) is 0 Å². The lowest BCUT2D eigenvalue weighted by Gasteiger charge is -2.16. The maximum absolute atomic E-state index is 12.2. The van der Waals surface area contributed by atoms with E-state index in [4.69, 9.17) is 0 Å². The van der Waals surface area contributed by atoms with E-state index in [0.717, 1.165) is 32.4 Å². The van der Waals surface area contributed by atoms with Gasteiger partial charge in [-0.2, -0.15) is 0 Å². The van der Waals surface area contributed by atoms with E-state index in [9.17, 15) is 9.59 Å². The van der Waals surface area contributed by atoms with Gasteiger partial charge >= 0.3 is 0 Å². The van der Waals surface area contributed by atoms with Gasteiger partial charge < -0.3 is 15.1 Å². The lowest BCUT2D eigenvalue weighted by Crippen LogP contribution is -2.28.